The van der Waals surface area contributed by atoms with Crippen LogP contribution in [0.2, 0.25) is 0 Å². The molecule has 5 nitrogen and oxygen atoms in total. The second-order valence-electron chi connectivity index (χ2n) is 6.95. The number of carbonyl (C=O) groups excluding carboxylic acids is 1. The topological polar surface area (TPSA) is 48.5 Å². The summed E-state index contributed by atoms with van der Waals surface area (Å²) in [6.07, 6.45) is 7.65. The number of nitrogens with zero attached hydrogens (tertiary/aromatic N) is 3. The second-order valence-corrected chi connectivity index (χ2v) is 6.95. The first kappa shape index (κ1) is 18.4. The Hall–Kier alpha value is -2.40. The molecule has 1 aliphatic heterocycles. The van der Waals surface area contributed by atoms with Crippen molar-refractivity contribution in [3.05, 3.63) is 54.4 Å². The van der Waals surface area contributed by atoms with Crippen molar-refractivity contribution < 1.29 is 4.79 Å². The van der Waals surface area contributed by atoms with Crippen LogP contribution in [0.5, 0.6) is 0 Å². The number of carbonyl (C=O) groups is 1. The van der Waals surface area contributed by atoms with Crippen LogP contribution in [0.15, 0.2) is 48.8 Å². The number of likely N-dealkylation sites (N-methyl/N-ethyl adjacent to an activating group) is 1. The van der Waals surface area contributed by atoms with E-state index in [1.165, 1.54) is 24.1 Å². The molecule has 1 aliphatic rings. The fraction of sp³-hybridized carbons (Fsp3) is 0.429. The van der Waals surface area contributed by atoms with Crippen LogP contribution in [-0.4, -0.2) is 49.0 Å². The van der Waals surface area contributed by atoms with Crippen LogP contribution < -0.4 is 10.2 Å². The Balaban J connectivity index is 1.38. The molecule has 0 saturated carbocycles. The highest BCUT2D eigenvalue weighted by Gasteiger charge is 2.12. The quantitative estimate of drug-likeness (QED) is 0.793. The molecule has 5 heteroatoms. The summed E-state index contributed by atoms with van der Waals surface area (Å²) < 4.78 is 0. The number of anilines is 2. The number of amides is 1. The minimum absolute atomic E-state index is 0.0645. The van der Waals surface area contributed by atoms with Crippen molar-refractivity contribution in [1.82, 2.24) is 9.88 Å². The molecule has 0 bridgehead atoms. The first-order valence-corrected chi connectivity index (χ1v) is 9.43. The summed E-state index contributed by atoms with van der Waals surface area (Å²) in [6.45, 7) is 3.96. The Morgan fingerprint density at radius 1 is 1.08 bits per heavy atom. The van der Waals surface area contributed by atoms with Crippen LogP contribution in [0.1, 0.15) is 24.8 Å². The Morgan fingerprint density at radius 2 is 1.77 bits per heavy atom. The SMILES string of the molecule is CN(CCC(=O)Nc1ccc(N2CCCC2)cc1)CCc1ccncc1. The molecule has 1 fully saturated rings. The smallest absolute Gasteiger partial charge is 0.225 e. The molecule has 138 valence electrons. The van der Waals surface area contributed by atoms with E-state index in [9.17, 15) is 4.79 Å². The van der Waals surface area contributed by atoms with Gasteiger partial charge in [0.25, 0.3) is 0 Å². The molecule has 1 aromatic carbocycles. The molecule has 0 atom stereocenters. The van der Waals surface area contributed by atoms with E-state index in [1.807, 2.05) is 36.7 Å². The zero-order chi connectivity index (χ0) is 18.2. The Bertz CT molecular complexity index is 681. The summed E-state index contributed by atoms with van der Waals surface area (Å²) in [7, 11) is 2.05. The lowest BCUT2D eigenvalue weighted by molar-refractivity contribution is -0.116. The van der Waals surface area contributed by atoms with Gasteiger partial charge in [0.15, 0.2) is 0 Å². The van der Waals surface area contributed by atoms with Gasteiger partial charge >= 0.3 is 0 Å². The van der Waals surface area contributed by atoms with E-state index < -0.39 is 0 Å². The minimum atomic E-state index is 0.0645. The van der Waals surface area contributed by atoms with Gasteiger partial charge in [0.1, 0.15) is 0 Å². The molecule has 26 heavy (non-hydrogen) atoms. The maximum atomic E-state index is 12.2. The lowest BCUT2D eigenvalue weighted by Gasteiger charge is -2.18. The van der Waals surface area contributed by atoms with Gasteiger partial charge in [-0.25, -0.2) is 0 Å². The zero-order valence-electron chi connectivity index (χ0n) is 15.5. The molecule has 0 unspecified atom stereocenters. The summed E-state index contributed by atoms with van der Waals surface area (Å²) in [5, 5.41) is 3.00. The fourth-order valence-electron chi connectivity index (χ4n) is 3.23. The molecule has 0 spiro atoms. The summed E-state index contributed by atoms with van der Waals surface area (Å²) in [6, 6.07) is 12.3. The first-order chi connectivity index (χ1) is 12.7. The van der Waals surface area contributed by atoms with Crippen molar-refractivity contribution in [3.8, 4) is 0 Å². The predicted octanol–water partition coefficient (Wildman–Crippen LogP) is 3.18. The fourth-order valence-corrected chi connectivity index (χ4v) is 3.23. The van der Waals surface area contributed by atoms with Gasteiger partial charge in [-0.05, 0) is 68.3 Å². The van der Waals surface area contributed by atoms with E-state index >= 15 is 0 Å². The van der Waals surface area contributed by atoms with Gasteiger partial charge in [-0.2, -0.15) is 0 Å². The van der Waals surface area contributed by atoms with Gasteiger partial charge in [0.05, 0.1) is 0 Å². The largest absolute Gasteiger partial charge is 0.372 e. The average molecular weight is 352 g/mol. The van der Waals surface area contributed by atoms with Gasteiger partial charge in [0, 0.05) is 56.4 Å². The van der Waals surface area contributed by atoms with E-state index in [0.29, 0.717) is 6.42 Å². The molecule has 2 aromatic rings. The molecule has 1 amide bonds. The van der Waals surface area contributed by atoms with E-state index in [-0.39, 0.29) is 5.91 Å². The summed E-state index contributed by atoms with van der Waals surface area (Å²) in [5.41, 5.74) is 3.39. The van der Waals surface area contributed by atoms with Crippen molar-refractivity contribution in [2.24, 2.45) is 0 Å². The third-order valence-electron chi connectivity index (χ3n) is 4.87. The second kappa shape index (κ2) is 9.34. The molecule has 3 rings (SSSR count). The van der Waals surface area contributed by atoms with Crippen molar-refractivity contribution >= 4 is 17.3 Å². The van der Waals surface area contributed by atoms with Crippen molar-refractivity contribution in [3.63, 3.8) is 0 Å². The van der Waals surface area contributed by atoms with Crippen LogP contribution in [0.3, 0.4) is 0 Å². The maximum absolute atomic E-state index is 12.2. The molecular weight excluding hydrogens is 324 g/mol. The monoisotopic (exact) mass is 352 g/mol. The molecule has 1 N–H and O–H groups in total. The van der Waals surface area contributed by atoms with Crippen molar-refractivity contribution in [2.45, 2.75) is 25.7 Å². The van der Waals surface area contributed by atoms with Gasteiger partial charge < -0.3 is 15.1 Å². The van der Waals surface area contributed by atoms with Gasteiger partial charge in [-0.15, -0.1) is 0 Å². The summed E-state index contributed by atoms with van der Waals surface area (Å²) >= 11 is 0. The molecule has 1 aromatic heterocycles. The lowest BCUT2D eigenvalue weighted by Crippen LogP contribution is -2.26. The number of hydrogen-bond donors (Lipinski definition) is 1. The first-order valence-electron chi connectivity index (χ1n) is 9.43. The van der Waals surface area contributed by atoms with Crippen molar-refractivity contribution in [2.75, 3.05) is 43.4 Å². The van der Waals surface area contributed by atoms with Crippen LogP contribution in [0, 0.1) is 0 Å². The van der Waals surface area contributed by atoms with Crippen molar-refractivity contribution in [1.29, 1.82) is 0 Å². The van der Waals surface area contributed by atoms with E-state index in [0.717, 1.165) is 38.3 Å². The average Bonchev–Trinajstić information content (AvgIpc) is 3.21. The molecule has 0 radical (unpaired) electrons. The number of rotatable bonds is 8. The Kier molecular flexibility index (Phi) is 6.61. The number of benzene rings is 1. The maximum Gasteiger partial charge on any atom is 0.225 e. The number of aromatic nitrogens is 1. The number of pyridine rings is 1. The van der Waals surface area contributed by atoms with Gasteiger partial charge in [-0.3, -0.25) is 9.78 Å². The third kappa shape index (κ3) is 5.56. The highest BCUT2D eigenvalue weighted by Crippen LogP contribution is 2.22. The number of nitrogens with one attached hydrogen (secondary N) is 1. The van der Waals surface area contributed by atoms with Crippen LogP contribution >= 0.6 is 0 Å². The molecule has 0 aliphatic carbocycles. The van der Waals surface area contributed by atoms with Gasteiger partial charge in [0.2, 0.25) is 5.91 Å². The third-order valence-corrected chi connectivity index (χ3v) is 4.87. The predicted molar refractivity (Wildman–Crippen MR) is 107 cm³/mol. The van der Waals surface area contributed by atoms with E-state index in [2.05, 4.69) is 39.3 Å². The highest BCUT2D eigenvalue weighted by atomic mass is 16.1. The zero-order valence-corrected chi connectivity index (χ0v) is 15.5. The van der Waals surface area contributed by atoms with Crippen LogP contribution in [0.4, 0.5) is 11.4 Å². The molecular formula is C21H28N4O. The normalized spacial score (nSPS) is 14.0. The molecule has 1 saturated heterocycles. The van der Waals surface area contributed by atoms with Crippen LogP contribution in [-0.2, 0) is 11.2 Å². The Morgan fingerprint density at radius 3 is 2.46 bits per heavy atom. The Labute approximate surface area is 156 Å². The highest BCUT2D eigenvalue weighted by molar-refractivity contribution is 5.91. The standard InChI is InChI=1S/C21H28N4O/c1-24(16-10-18-8-12-22-13-9-18)17-11-21(26)23-19-4-6-20(7-5-19)25-14-2-3-15-25/h4-9,12-13H,2-3,10-11,14-17H2,1H3,(H,23,26). The summed E-state index contributed by atoms with van der Waals surface area (Å²) in [4.78, 5) is 20.8. The summed E-state index contributed by atoms with van der Waals surface area (Å²) in [5.74, 6) is 0.0645. The van der Waals surface area contributed by atoms with Gasteiger partial charge in [-0.1, -0.05) is 0 Å². The minimum Gasteiger partial charge on any atom is -0.372 e. The lowest BCUT2D eigenvalue weighted by atomic mass is 10.2. The number of hydrogen-bond acceptors (Lipinski definition) is 4. The van der Waals surface area contributed by atoms with E-state index in [1.54, 1.807) is 0 Å². The van der Waals surface area contributed by atoms with Crippen LogP contribution in [0.25, 0.3) is 0 Å². The van der Waals surface area contributed by atoms with E-state index in [4.69, 9.17) is 0 Å². The molecule has 2 heterocycles.